The fourth-order valence-electron chi connectivity index (χ4n) is 1.03. The SMILES string of the molecule is O=C(O)C=C1CN(C(=O)C(F)(F)F)C1. The lowest BCUT2D eigenvalue weighted by atomic mass is 10.1. The monoisotopic (exact) mass is 209 g/mol. The van der Waals surface area contributed by atoms with Gasteiger partial charge in [0.05, 0.1) is 0 Å². The summed E-state index contributed by atoms with van der Waals surface area (Å²) in [5.74, 6) is -3.15. The third kappa shape index (κ3) is 2.24. The standard InChI is InChI=1S/C7H6F3NO3/c8-7(9,10)6(14)11-2-4(3-11)1-5(12)13/h1H,2-3H2,(H,12,13). The number of aliphatic carboxylic acids is 1. The van der Waals surface area contributed by atoms with Crippen molar-refractivity contribution in [3.05, 3.63) is 11.6 Å². The lowest BCUT2D eigenvalue weighted by Gasteiger charge is -2.33. The van der Waals surface area contributed by atoms with Crippen molar-refractivity contribution in [1.29, 1.82) is 0 Å². The van der Waals surface area contributed by atoms with Crippen LogP contribution in [0.1, 0.15) is 0 Å². The molecule has 1 N–H and O–H groups in total. The van der Waals surface area contributed by atoms with E-state index >= 15 is 0 Å². The molecule has 1 rings (SSSR count). The number of rotatable bonds is 1. The van der Waals surface area contributed by atoms with Gasteiger partial charge in [0, 0.05) is 19.2 Å². The molecule has 14 heavy (non-hydrogen) atoms. The first-order chi connectivity index (χ1) is 6.30. The summed E-state index contributed by atoms with van der Waals surface area (Å²) in [5.41, 5.74) is 0.301. The molecule has 1 amide bonds. The Bertz CT molecular complexity index is 300. The Labute approximate surface area is 76.6 Å². The number of nitrogens with zero attached hydrogens (tertiary/aromatic N) is 1. The van der Waals surface area contributed by atoms with Crippen LogP contribution in [0.2, 0.25) is 0 Å². The molecule has 0 atom stereocenters. The minimum Gasteiger partial charge on any atom is -0.478 e. The topological polar surface area (TPSA) is 57.6 Å². The van der Waals surface area contributed by atoms with Crippen LogP contribution in [-0.2, 0) is 9.59 Å². The highest BCUT2D eigenvalue weighted by atomic mass is 19.4. The molecule has 0 radical (unpaired) electrons. The fourth-order valence-corrected chi connectivity index (χ4v) is 1.03. The Morgan fingerprint density at radius 2 is 1.86 bits per heavy atom. The van der Waals surface area contributed by atoms with E-state index in [1.807, 2.05) is 0 Å². The third-order valence-electron chi connectivity index (χ3n) is 1.65. The van der Waals surface area contributed by atoms with Crippen LogP contribution in [0, 0.1) is 0 Å². The highest BCUT2D eigenvalue weighted by Crippen LogP contribution is 2.24. The minimum atomic E-state index is -4.88. The van der Waals surface area contributed by atoms with Crippen molar-refractivity contribution in [2.45, 2.75) is 6.18 Å². The van der Waals surface area contributed by atoms with Crippen LogP contribution in [0.3, 0.4) is 0 Å². The van der Waals surface area contributed by atoms with Gasteiger partial charge in [0.1, 0.15) is 0 Å². The van der Waals surface area contributed by atoms with E-state index in [2.05, 4.69) is 0 Å². The van der Waals surface area contributed by atoms with Gasteiger partial charge in [-0.2, -0.15) is 13.2 Å². The number of likely N-dealkylation sites (tertiary alicyclic amines) is 1. The minimum absolute atomic E-state index is 0.259. The van der Waals surface area contributed by atoms with Crippen molar-refractivity contribution in [1.82, 2.24) is 4.90 Å². The van der Waals surface area contributed by atoms with Gasteiger partial charge in [0.2, 0.25) is 0 Å². The highest BCUT2D eigenvalue weighted by Gasteiger charge is 2.45. The Morgan fingerprint density at radius 1 is 1.36 bits per heavy atom. The van der Waals surface area contributed by atoms with E-state index in [1.54, 1.807) is 0 Å². The third-order valence-corrected chi connectivity index (χ3v) is 1.65. The quantitative estimate of drug-likeness (QED) is 0.636. The predicted molar refractivity (Wildman–Crippen MR) is 38.4 cm³/mol. The number of carboxylic acids is 1. The Balaban J connectivity index is 2.50. The van der Waals surface area contributed by atoms with E-state index in [-0.39, 0.29) is 13.1 Å². The molecule has 0 saturated carbocycles. The molecule has 0 bridgehead atoms. The molecule has 0 aromatic rings. The Morgan fingerprint density at radius 3 is 2.21 bits per heavy atom. The molecule has 0 aromatic carbocycles. The smallest absolute Gasteiger partial charge is 0.471 e. The van der Waals surface area contributed by atoms with Crippen molar-refractivity contribution >= 4 is 11.9 Å². The lowest BCUT2D eigenvalue weighted by Crippen LogP contribution is -2.50. The van der Waals surface area contributed by atoms with Crippen LogP contribution in [0.15, 0.2) is 11.6 Å². The second kappa shape index (κ2) is 3.32. The average Bonchev–Trinajstić information content (AvgIpc) is 1.92. The number of amides is 1. The maximum Gasteiger partial charge on any atom is 0.471 e. The number of carbonyl (C=O) groups is 2. The molecule has 1 aliphatic rings. The van der Waals surface area contributed by atoms with Crippen LogP contribution in [0.25, 0.3) is 0 Å². The molecule has 4 nitrogen and oxygen atoms in total. The number of carboxylic acid groups (broad SMARTS) is 1. The summed E-state index contributed by atoms with van der Waals surface area (Å²) in [5, 5.41) is 8.23. The van der Waals surface area contributed by atoms with Gasteiger partial charge in [-0.15, -0.1) is 0 Å². The number of carbonyl (C=O) groups excluding carboxylic acids is 1. The van der Waals surface area contributed by atoms with Crippen LogP contribution in [-0.4, -0.2) is 41.1 Å². The van der Waals surface area contributed by atoms with Crippen molar-refractivity contribution in [2.75, 3.05) is 13.1 Å². The maximum absolute atomic E-state index is 11.8. The van der Waals surface area contributed by atoms with Gasteiger partial charge in [-0.3, -0.25) is 4.79 Å². The summed E-state index contributed by atoms with van der Waals surface area (Å²) in [6.45, 7) is -0.519. The molecular weight excluding hydrogens is 203 g/mol. The molecule has 0 aromatic heterocycles. The van der Waals surface area contributed by atoms with Gasteiger partial charge in [0.15, 0.2) is 0 Å². The van der Waals surface area contributed by atoms with Crippen LogP contribution in [0.5, 0.6) is 0 Å². The number of alkyl halides is 3. The molecule has 1 saturated heterocycles. The molecule has 0 spiro atoms. The zero-order chi connectivity index (χ0) is 10.9. The molecule has 7 heteroatoms. The van der Waals surface area contributed by atoms with Gasteiger partial charge in [-0.25, -0.2) is 4.79 Å². The first kappa shape index (κ1) is 10.6. The number of hydrogen-bond acceptors (Lipinski definition) is 2. The molecule has 0 aliphatic carbocycles. The summed E-state index contributed by atoms with van der Waals surface area (Å²) >= 11 is 0. The first-order valence-electron chi connectivity index (χ1n) is 3.59. The number of hydrogen-bond donors (Lipinski definition) is 1. The summed E-state index contributed by atoms with van der Waals surface area (Å²) < 4.78 is 35.3. The molecule has 1 heterocycles. The highest BCUT2D eigenvalue weighted by molar-refractivity contribution is 5.85. The van der Waals surface area contributed by atoms with Gasteiger partial charge < -0.3 is 10.0 Å². The zero-order valence-corrected chi connectivity index (χ0v) is 6.84. The van der Waals surface area contributed by atoms with Gasteiger partial charge in [-0.1, -0.05) is 0 Å². The normalized spacial score (nSPS) is 16.2. The summed E-state index contributed by atoms with van der Waals surface area (Å²) in [4.78, 5) is 21.1. The summed E-state index contributed by atoms with van der Waals surface area (Å²) in [7, 11) is 0. The molecular formula is C7H6F3NO3. The molecule has 0 unspecified atom stereocenters. The van der Waals surface area contributed by atoms with Crippen LogP contribution >= 0.6 is 0 Å². The van der Waals surface area contributed by atoms with Crippen molar-refractivity contribution in [2.24, 2.45) is 0 Å². The predicted octanol–water partition coefficient (Wildman–Crippen LogP) is 0.402. The molecule has 1 fully saturated rings. The van der Waals surface area contributed by atoms with E-state index in [0.29, 0.717) is 10.5 Å². The van der Waals surface area contributed by atoms with Crippen LogP contribution in [0.4, 0.5) is 13.2 Å². The second-order valence-corrected chi connectivity index (χ2v) is 2.80. The second-order valence-electron chi connectivity index (χ2n) is 2.80. The average molecular weight is 209 g/mol. The van der Waals surface area contributed by atoms with Gasteiger partial charge >= 0.3 is 18.1 Å². The van der Waals surface area contributed by atoms with E-state index < -0.39 is 18.1 Å². The van der Waals surface area contributed by atoms with Crippen LogP contribution < -0.4 is 0 Å². The van der Waals surface area contributed by atoms with E-state index in [1.165, 1.54) is 0 Å². The first-order valence-corrected chi connectivity index (χ1v) is 3.59. The number of halogens is 3. The van der Waals surface area contributed by atoms with Crippen molar-refractivity contribution in [3.8, 4) is 0 Å². The van der Waals surface area contributed by atoms with Crippen molar-refractivity contribution in [3.63, 3.8) is 0 Å². The zero-order valence-electron chi connectivity index (χ0n) is 6.84. The van der Waals surface area contributed by atoms with E-state index in [0.717, 1.165) is 6.08 Å². The lowest BCUT2D eigenvalue weighted by molar-refractivity contribution is -0.186. The summed E-state index contributed by atoms with van der Waals surface area (Å²) in [6.07, 6.45) is -4.07. The molecule has 1 aliphatic heterocycles. The van der Waals surface area contributed by atoms with E-state index in [4.69, 9.17) is 5.11 Å². The maximum atomic E-state index is 11.8. The fraction of sp³-hybridized carbons (Fsp3) is 0.429. The van der Waals surface area contributed by atoms with Crippen molar-refractivity contribution < 1.29 is 27.9 Å². The van der Waals surface area contributed by atoms with Gasteiger partial charge in [0.25, 0.3) is 0 Å². The largest absolute Gasteiger partial charge is 0.478 e. The Kier molecular flexibility index (Phi) is 2.50. The summed E-state index contributed by atoms with van der Waals surface area (Å²) in [6, 6.07) is 0. The van der Waals surface area contributed by atoms with Gasteiger partial charge in [-0.05, 0) is 5.57 Å². The molecule has 78 valence electrons. The van der Waals surface area contributed by atoms with E-state index in [9.17, 15) is 22.8 Å². The Hall–Kier alpha value is -1.53.